The second-order valence-corrected chi connectivity index (χ2v) is 9.25. The van der Waals surface area contributed by atoms with E-state index in [1.807, 2.05) is 20.8 Å². The number of ketones is 2. The molecule has 24 heavy (non-hydrogen) atoms. The molecule has 1 aliphatic heterocycles. The maximum absolute atomic E-state index is 12.8. The smallest absolute Gasteiger partial charge is 0.197 e. The molecule has 1 saturated heterocycles. The Balaban J connectivity index is 2.09. The van der Waals surface area contributed by atoms with Crippen molar-refractivity contribution in [3.8, 4) is 0 Å². The van der Waals surface area contributed by atoms with E-state index in [4.69, 9.17) is 4.74 Å². The molecule has 4 nitrogen and oxygen atoms in total. The Morgan fingerprint density at radius 2 is 1.79 bits per heavy atom. The Labute approximate surface area is 144 Å². The van der Waals surface area contributed by atoms with Gasteiger partial charge in [-0.25, -0.2) is 0 Å². The molecule has 4 heteroatoms. The highest BCUT2D eigenvalue weighted by Gasteiger charge is 2.67. The molecule has 2 saturated carbocycles. The predicted molar refractivity (Wildman–Crippen MR) is 91.4 cm³/mol. The van der Waals surface area contributed by atoms with Crippen molar-refractivity contribution in [1.82, 2.24) is 0 Å². The summed E-state index contributed by atoms with van der Waals surface area (Å²) < 4.78 is 6.29. The number of aliphatic hydroxyl groups excluding tert-OH is 1. The predicted octanol–water partition coefficient (Wildman–Crippen LogP) is 3.07. The first-order chi connectivity index (χ1) is 10.9. The average molecular weight is 334 g/mol. The van der Waals surface area contributed by atoms with Gasteiger partial charge in [0.25, 0.3) is 0 Å². The summed E-state index contributed by atoms with van der Waals surface area (Å²) in [5.74, 6) is -0.154. The summed E-state index contributed by atoms with van der Waals surface area (Å²) in [6.45, 7) is 13.6. The van der Waals surface area contributed by atoms with Gasteiger partial charge >= 0.3 is 0 Å². The second-order valence-electron chi connectivity index (χ2n) is 9.25. The first kappa shape index (κ1) is 17.8. The number of ether oxygens (including phenoxy) is 1. The molecule has 3 rings (SSSR count). The third-order valence-corrected chi connectivity index (χ3v) is 7.48. The van der Waals surface area contributed by atoms with Crippen LogP contribution in [0.25, 0.3) is 0 Å². The molecule has 0 unspecified atom stereocenters. The molecule has 0 bridgehead atoms. The molecule has 0 aromatic heterocycles. The van der Waals surface area contributed by atoms with Crippen molar-refractivity contribution in [1.29, 1.82) is 0 Å². The van der Waals surface area contributed by atoms with Crippen molar-refractivity contribution in [2.75, 3.05) is 0 Å². The van der Waals surface area contributed by atoms with Gasteiger partial charge in [0.2, 0.25) is 0 Å². The zero-order valence-corrected chi connectivity index (χ0v) is 15.5. The van der Waals surface area contributed by atoms with E-state index >= 15 is 0 Å². The van der Waals surface area contributed by atoms with E-state index < -0.39 is 22.7 Å². The lowest BCUT2D eigenvalue weighted by molar-refractivity contribution is -0.263. The van der Waals surface area contributed by atoms with E-state index in [0.717, 1.165) is 12.8 Å². The quantitative estimate of drug-likeness (QED) is 0.749. The maximum Gasteiger partial charge on any atom is 0.197 e. The molecule has 0 aromatic rings. The molecule has 0 radical (unpaired) electrons. The largest absolute Gasteiger partial charge is 0.385 e. The fourth-order valence-electron chi connectivity index (χ4n) is 6.18. The molecule has 1 heterocycles. The highest BCUT2D eigenvalue weighted by molar-refractivity contribution is 5.94. The van der Waals surface area contributed by atoms with Crippen molar-refractivity contribution >= 4 is 11.6 Å². The normalized spacial score (nSPS) is 50.8. The van der Waals surface area contributed by atoms with Crippen LogP contribution in [-0.4, -0.2) is 34.0 Å². The van der Waals surface area contributed by atoms with Crippen LogP contribution in [0.2, 0.25) is 0 Å². The molecule has 0 aromatic carbocycles. The van der Waals surface area contributed by atoms with Crippen molar-refractivity contribution in [2.24, 2.45) is 22.7 Å². The molecule has 0 spiro atoms. The van der Waals surface area contributed by atoms with E-state index in [1.165, 1.54) is 6.08 Å². The maximum atomic E-state index is 12.8. The number of hydrogen-bond acceptors (Lipinski definition) is 4. The van der Waals surface area contributed by atoms with Crippen LogP contribution in [-0.2, 0) is 14.3 Å². The van der Waals surface area contributed by atoms with E-state index in [1.54, 1.807) is 6.92 Å². The fourth-order valence-corrected chi connectivity index (χ4v) is 6.18. The highest BCUT2D eigenvalue weighted by atomic mass is 16.5. The van der Waals surface area contributed by atoms with Gasteiger partial charge in [0.15, 0.2) is 5.78 Å². The van der Waals surface area contributed by atoms with Crippen LogP contribution in [0.3, 0.4) is 0 Å². The lowest BCUT2D eigenvalue weighted by Crippen LogP contribution is -2.71. The van der Waals surface area contributed by atoms with E-state index in [2.05, 4.69) is 13.5 Å². The van der Waals surface area contributed by atoms with Gasteiger partial charge in [-0.15, -0.1) is 0 Å². The van der Waals surface area contributed by atoms with Crippen LogP contribution in [0.5, 0.6) is 0 Å². The third-order valence-electron chi connectivity index (χ3n) is 7.48. The standard InChI is InChI=1S/C20H30O4/c1-7-19(5)16(23)14(22)15-18(4)10-9-13(21)17(2,3)12(18)8-11-20(15,6)24-19/h7,12,14-15,22H,1,8-11H2,2-6H3/t12-,14-,15-,18-,19+,20+/m1/s1. The Bertz CT molecular complexity index is 609. The summed E-state index contributed by atoms with van der Waals surface area (Å²) >= 11 is 0. The van der Waals surface area contributed by atoms with Crippen LogP contribution >= 0.6 is 0 Å². The zero-order valence-electron chi connectivity index (χ0n) is 15.5. The molecular formula is C20H30O4. The lowest BCUT2D eigenvalue weighted by Gasteiger charge is -2.65. The molecule has 134 valence electrons. The lowest BCUT2D eigenvalue weighted by atomic mass is 9.43. The number of Topliss-reactive ketones (excluding diaryl/α,β-unsaturated/α-hetero) is 2. The van der Waals surface area contributed by atoms with Crippen molar-refractivity contribution in [2.45, 2.75) is 77.6 Å². The SMILES string of the molecule is C=C[C@]1(C)O[C@@]2(C)CC[C@@H]3C(C)(C)C(=O)CC[C@@]3(C)[C@H]2[C@@H](O)C1=O. The first-order valence-corrected chi connectivity index (χ1v) is 9.02. The van der Waals surface area contributed by atoms with Gasteiger partial charge < -0.3 is 9.84 Å². The molecular weight excluding hydrogens is 304 g/mol. The van der Waals surface area contributed by atoms with Crippen LogP contribution in [0.4, 0.5) is 0 Å². The minimum absolute atomic E-state index is 0.156. The first-order valence-electron chi connectivity index (χ1n) is 9.02. The Hall–Kier alpha value is -1.00. The Morgan fingerprint density at radius 1 is 1.17 bits per heavy atom. The van der Waals surface area contributed by atoms with Gasteiger partial charge in [0, 0.05) is 17.8 Å². The topological polar surface area (TPSA) is 63.6 Å². The number of fused-ring (bicyclic) bond motifs is 3. The zero-order chi connectivity index (χ0) is 18.1. The molecule has 6 atom stereocenters. The summed E-state index contributed by atoms with van der Waals surface area (Å²) in [6.07, 6.45) is 3.25. The summed E-state index contributed by atoms with van der Waals surface area (Å²) in [5.41, 5.74) is -2.44. The number of rotatable bonds is 1. The van der Waals surface area contributed by atoms with Crippen molar-refractivity contribution < 1.29 is 19.4 Å². The number of carbonyl (C=O) groups is 2. The second kappa shape index (κ2) is 5.01. The molecule has 0 amide bonds. The summed E-state index contributed by atoms with van der Waals surface area (Å²) in [4.78, 5) is 25.3. The van der Waals surface area contributed by atoms with E-state index in [-0.39, 0.29) is 23.0 Å². The summed E-state index contributed by atoms with van der Waals surface area (Å²) in [5, 5.41) is 11.0. The van der Waals surface area contributed by atoms with Crippen LogP contribution in [0.15, 0.2) is 12.7 Å². The van der Waals surface area contributed by atoms with Crippen LogP contribution < -0.4 is 0 Å². The minimum atomic E-state index is -1.14. The van der Waals surface area contributed by atoms with Gasteiger partial charge in [0.05, 0.1) is 5.60 Å². The molecule has 1 N–H and O–H groups in total. The van der Waals surface area contributed by atoms with Gasteiger partial charge in [-0.2, -0.15) is 0 Å². The summed E-state index contributed by atoms with van der Waals surface area (Å²) in [6, 6.07) is 0. The molecule has 3 aliphatic rings. The highest BCUT2D eigenvalue weighted by Crippen LogP contribution is 2.64. The minimum Gasteiger partial charge on any atom is -0.385 e. The number of hydrogen-bond donors (Lipinski definition) is 1. The fraction of sp³-hybridized carbons (Fsp3) is 0.800. The van der Waals surface area contributed by atoms with Crippen LogP contribution in [0, 0.1) is 22.7 Å². The van der Waals surface area contributed by atoms with Crippen LogP contribution in [0.1, 0.15) is 60.3 Å². The van der Waals surface area contributed by atoms with E-state index in [0.29, 0.717) is 18.6 Å². The molecule has 2 aliphatic carbocycles. The van der Waals surface area contributed by atoms with Crippen molar-refractivity contribution in [3.63, 3.8) is 0 Å². The number of aliphatic hydroxyl groups is 1. The average Bonchev–Trinajstić information content (AvgIpc) is 2.48. The molecule has 3 fully saturated rings. The monoisotopic (exact) mass is 334 g/mol. The van der Waals surface area contributed by atoms with Gasteiger partial charge in [-0.1, -0.05) is 33.4 Å². The number of carbonyl (C=O) groups excluding carboxylic acids is 2. The van der Waals surface area contributed by atoms with Crippen molar-refractivity contribution in [3.05, 3.63) is 12.7 Å². The van der Waals surface area contributed by atoms with Gasteiger partial charge in [-0.05, 0) is 44.4 Å². The van der Waals surface area contributed by atoms with Gasteiger partial charge in [-0.3, -0.25) is 9.59 Å². The Kier molecular flexibility index (Phi) is 3.72. The van der Waals surface area contributed by atoms with E-state index in [9.17, 15) is 14.7 Å². The Morgan fingerprint density at radius 3 is 2.38 bits per heavy atom. The summed E-state index contributed by atoms with van der Waals surface area (Å²) in [7, 11) is 0. The third kappa shape index (κ3) is 2.05. The van der Waals surface area contributed by atoms with Gasteiger partial charge in [0.1, 0.15) is 17.5 Å².